The van der Waals surface area contributed by atoms with Gasteiger partial charge in [-0.1, -0.05) is 24.3 Å². The van der Waals surface area contributed by atoms with Crippen LogP contribution in [0.3, 0.4) is 0 Å². The average molecular weight is 373 g/mol. The lowest BCUT2D eigenvalue weighted by molar-refractivity contribution is 0.0627. The predicted octanol–water partition coefficient (Wildman–Crippen LogP) is 2.81. The van der Waals surface area contributed by atoms with Crippen LogP contribution in [0.15, 0.2) is 61.2 Å². The SMILES string of the molecule is Cc1ccccc1CN1CCN(C(=O)c2cnc(-c3cccnc3)nc2)CC1. The molecule has 142 valence electrons. The zero-order valence-electron chi connectivity index (χ0n) is 16.0. The van der Waals surface area contributed by atoms with Gasteiger partial charge in [0.25, 0.3) is 5.91 Å². The standard InChI is InChI=1S/C22H23N5O/c1-17-5-2-3-6-19(17)16-26-9-11-27(12-10-26)22(28)20-14-24-21(25-15-20)18-7-4-8-23-13-18/h2-8,13-15H,9-12,16H2,1H3. The smallest absolute Gasteiger partial charge is 0.257 e. The van der Waals surface area contributed by atoms with Gasteiger partial charge < -0.3 is 4.90 Å². The molecule has 3 heterocycles. The van der Waals surface area contributed by atoms with Crippen LogP contribution in [-0.2, 0) is 6.54 Å². The van der Waals surface area contributed by atoms with E-state index in [0.717, 1.165) is 38.3 Å². The molecule has 1 aromatic carbocycles. The van der Waals surface area contributed by atoms with Crippen molar-refractivity contribution >= 4 is 5.91 Å². The first-order valence-electron chi connectivity index (χ1n) is 9.49. The minimum absolute atomic E-state index is 0.00622. The van der Waals surface area contributed by atoms with Crippen LogP contribution in [0.25, 0.3) is 11.4 Å². The lowest BCUT2D eigenvalue weighted by atomic mass is 10.1. The molecule has 0 unspecified atom stereocenters. The van der Waals surface area contributed by atoms with Crippen LogP contribution < -0.4 is 0 Å². The van der Waals surface area contributed by atoms with Crippen molar-refractivity contribution in [2.75, 3.05) is 26.2 Å². The molecule has 0 bridgehead atoms. The third kappa shape index (κ3) is 4.07. The van der Waals surface area contributed by atoms with Crippen molar-refractivity contribution in [3.63, 3.8) is 0 Å². The summed E-state index contributed by atoms with van der Waals surface area (Å²) in [5.74, 6) is 0.570. The second kappa shape index (κ2) is 8.27. The van der Waals surface area contributed by atoms with Crippen LogP contribution >= 0.6 is 0 Å². The van der Waals surface area contributed by atoms with E-state index in [1.54, 1.807) is 24.8 Å². The molecule has 1 amide bonds. The van der Waals surface area contributed by atoms with Gasteiger partial charge in [-0.25, -0.2) is 9.97 Å². The van der Waals surface area contributed by atoms with Gasteiger partial charge >= 0.3 is 0 Å². The summed E-state index contributed by atoms with van der Waals surface area (Å²) in [5, 5.41) is 0. The zero-order chi connectivity index (χ0) is 19.3. The first kappa shape index (κ1) is 18.3. The number of piperazine rings is 1. The number of nitrogens with zero attached hydrogens (tertiary/aromatic N) is 5. The number of pyridine rings is 1. The number of hydrogen-bond donors (Lipinski definition) is 0. The largest absolute Gasteiger partial charge is 0.336 e. The lowest BCUT2D eigenvalue weighted by Gasteiger charge is -2.35. The third-order valence-corrected chi connectivity index (χ3v) is 5.13. The highest BCUT2D eigenvalue weighted by Crippen LogP contribution is 2.15. The Morgan fingerprint density at radius 2 is 1.71 bits per heavy atom. The number of amides is 1. The third-order valence-electron chi connectivity index (χ3n) is 5.13. The zero-order valence-corrected chi connectivity index (χ0v) is 16.0. The summed E-state index contributed by atoms with van der Waals surface area (Å²) in [6.45, 7) is 6.25. The van der Waals surface area contributed by atoms with Gasteiger partial charge in [0.05, 0.1) is 5.56 Å². The molecular formula is C22H23N5O. The molecule has 3 aromatic rings. The first-order chi connectivity index (χ1) is 13.7. The van der Waals surface area contributed by atoms with Crippen LogP contribution in [-0.4, -0.2) is 56.8 Å². The molecule has 2 aromatic heterocycles. The fourth-order valence-electron chi connectivity index (χ4n) is 3.40. The summed E-state index contributed by atoms with van der Waals surface area (Å²) >= 11 is 0. The van der Waals surface area contributed by atoms with Gasteiger partial charge in [0.15, 0.2) is 5.82 Å². The summed E-state index contributed by atoms with van der Waals surface area (Å²) in [4.78, 5) is 29.8. The van der Waals surface area contributed by atoms with Gasteiger partial charge in [-0.2, -0.15) is 0 Å². The van der Waals surface area contributed by atoms with E-state index in [9.17, 15) is 4.79 Å². The van der Waals surface area contributed by atoms with E-state index in [-0.39, 0.29) is 5.91 Å². The maximum atomic E-state index is 12.8. The normalized spacial score (nSPS) is 14.8. The number of benzene rings is 1. The topological polar surface area (TPSA) is 62.2 Å². The Hall–Kier alpha value is -3.12. The quantitative estimate of drug-likeness (QED) is 0.704. The number of rotatable bonds is 4. The van der Waals surface area contributed by atoms with Crippen LogP contribution in [0.5, 0.6) is 0 Å². The average Bonchev–Trinajstić information content (AvgIpc) is 2.76. The maximum absolute atomic E-state index is 12.8. The van der Waals surface area contributed by atoms with Crippen molar-refractivity contribution in [3.8, 4) is 11.4 Å². The number of aryl methyl sites for hydroxylation is 1. The van der Waals surface area contributed by atoms with Crippen LogP contribution in [0, 0.1) is 6.92 Å². The summed E-state index contributed by atoms with van der Waals surface area (Å²) in [6, 6.07) is 12.2. The van der Waals surface area contributed by atoms with Crippen molar-refractivity contribution < 1.29 is 4.79 Å². The van der Waals surface area contributed by atoms with Gasteiger partial charge in [0.2, 0.25) is 0 Å². The fourth-order valence-corrected chi connectivity index (χ4v) is 3.40. The van der Waals surface area contributed by atoms with Gasteiger partial charge in [0, 0.05) is 63.1 Å². The van der Waals surface area contributed by atoms with E-state index in [2.05, 4.69) is 51.0 Å². The van der Waals surface area contributed by atoms with E-state index >= 15 is 0 Å². The van der Waals surface area contributed by atoms with E-state index in [1.165, 1.54) is 11.1 Å². The first-order valence-corrected chi connectivity index (χ1v) is 9.49. The van der Waals surface area contributed by atoms with Gasteiger partial charge in [-0.05, 0) is 30.2 Å². The molecule has 0 aliphatic carbocycles. The molecule has 4 rings (SSSR count). The molecule has 0 N–H and O–H groups in total. The summed E-state index contributed by atoms with van der Waals surface area (Å²) in [5.41, 5.74) is 4.03. The lowest BCUT2D eigenvalue weighted by Crippen LogP contribution is -2.48. The number of carbonyl (C=O) groups excluding carboxylic acids is 1. The van der Waals surface area contributed by atoms with Crippen molar-refractivity contribution in [2.45, 2.75) is 13.5 Å². The van der Waals surface area contributed by atoms with Crippen LogP contribution in [0.1, 0.15) is 21.5 Å². The molecule has 1 saturated heterocycles. The van der Waals surface area contributed by atoms with E-state index in [0.29, 0.717) is 11.4 Å². The highest BCUT2D eigenvalue weighted by Gasteiger charge is 2.23. The molecule has 0 spiro atoms. The summed E-state index contributed by atoms with van der Waals surface area (Å²) in [7, 11) is 0. The number of hydrogen-bond acceptors (Lipinski definition) is 5. The Morgan fingerprint density at radius 1 is 0.964 bits per heavy atom. The Kier molecular flexibility index (Phi) is 5.39. The van der Waals surface area contributed by atoms with Gasteiger partial charge in [0.1, 0.15) is 0 Å². The summed E-state index contributed by atoms with van der Waals surface area (Å²) < 4.78 is 0. The van der Waals surface area contributed by atoms with E-state index in [4.69, 9.17) is 0 Å². The highest BCUT2D eigenvalue weighted by molar-refractivity contribution is 5.93. The fraction of sp³-hybridized carbons (Fsp3) is 0.273. The second-order valence-corrected chi connectivity index (χ2v) is 7.03. The van der Waals surface area contributed by atoms with Crippen molar-refractivity contribution in [2.24, 2.45) is 0 Å². The highest BCUT2D eigenvalue weighted by atomic mass is 16.2. The molecule has 6 heteroatoms. The second-order valence-electron chi connectivity index (χ2n) is 7.03. The number of aromatic nitrogens is 3. The molecule has 28 heavy (non-hydrogen) atoms. The Balaban J connectivity index is 1.35. The molecule has 0 radical (unpaired) electrons. The Bertz CT molecular complexity index is 935. The molecule has 1 aliphatic rings. The minimum atomic E-state index is -0.00622. The molecule has 6 nitrogen and oxygen atoms in total. The number of carbonyl (C=O) groups is 1. The molecule has 1 fully saturated rings. The van der Waals surface area contributed by atoms with Crippen molar-refractivity contribution in [1.29, 1.82) is 0 Å². The van der Waals surface area contributed by atoms with E-state index in [1.807, 2.05) is 17.0 Å². The maximum Gasteiger partial charge on any atom is 0.257 e. The monoisotopic (exact) mass is 373 g/mol. The van der Waals surface area contributed by atoms with Crippen molar-refractivity contribution in [1.82, 2.24) is 24.8 Å². The molecule has 0 saturated carbocycles. The molecular weight excluding hydrogens is 350 g/mol. The molecule has 0 atom stereocenters. The Labute approximate surface area is 164 Å². The minimum Gasteiger partial charge on any atom is -0.336 e. The van der Waals surface area contributed by atoms with Crippen molar-refractivity contribution in [3.05, 3.63) is 77.9 Å². The Morgan fingerprint density at radius 3 is 2.39 bits per heavy atom. The molecule has 1 aliphatic heterocycles. The van der Waals surface area contributed by atoms with Gasteiger partial charge in [-0.3, -0.25) is 14.7 Å². The van der Waals surface area contributed by atoms with Crippen LogP contribution in [0.2, 0.25) is 0 Å². The summed E-state index contributed by atoms with van der Waals surface area (Å²) in [6.07, 6.45) is 6.64. The van der Waals surface area contributed by atoms with E-state index < -0.39 is 0 Å². The predicted molar refractivity (Wildman–Crippen MR) is 108 cm³/mol. The van der Waals surface area contributed by atoms with Gasteiger partial charge in [-0.15, -0.1) is 0 Å². The van der Waals surface area contributed by atoms with Crippen LogP contribution in [0.4, 0.5) is 0 Å².